The number of likely N-dealkylation sites (tertiary alicyclic amines) is 1. The molecule has 8 heteroatoms. The minimum absolute atomic E-state index is 0. The lowest BCUT2D eigenvalue weighted by Crippen LogP contribution is -2.33. The number of fused-ring (bicyclic) bond motifs is 1. The summed E-state index contributed by atoms with van der Waals surface area (Å²) in [6.45, 7) is 3.89. The van der Waals surface area contributed by atoms with Crippen LogP contribution in [0.15, 0.2) is 65.6 Å². The average molecular weight is 518 g/mol. The fraction of sp³-hybridized carbons (Fsp3) is 0.333. The summed E-state index contributed by atoms with van der Waals surface area (Å²) in [5.74, 6) is 0.298. The van der Waals surface area contributed by atoms with Gasteiger partial charge in [-0.15, -0.1) is 24.2 Å². The van der Waals surface area contributed by atoms with Crippen LogP contribution in [0.4, 0.5) is 4.39 Å². The van der Waals surface area contributed by atoms with Crippen molar-refractivity contribution in [1.82, 2.24) is 4.90 Å². The first-order valence-corrected chi connectivity index (χ1v) is 12.6. The molecule has 2 unspecified atom stereocenters. The third-order valence-electron chi connectivity index (χ3n) is 6.37. The van der Waals surface area contributed by atoms with Gasteiger partial charge in [-0.25, -0.2) is 4.39 Å². The first-order chi connectivity index (χ1) is 16.6. The van der Waals surface area contributed by atoms with Gasteiger partial charge in [0.05, 0.1) is 10.1 Å². The monoisotopic (exact) mass is 517 g/mol. The number of ether oxygens (including phenoxy) is 2. The topological polar surface area (TPSA) is 62.2 Å². The number of halogens is 2. The Morgan fingerprint density at radius 2 is 1.60 bits per heavy atom. The van der Waals surface area contributed by atoms with Gasteiger partial charge < -0.3 is 19.7 Å². The van der Waals surface area contributed by atoms with Gasteiger partial charge in [0, 0.05) is 6.54 Å². The van der Waals surface area contributed by atoms with E-state index in [-0.39, 0.29) is 34.4 Å². The maximum atomic E-state index is 14.7. The number of nitrogens with zero attached hydrogens (tertiary/aromatic N) is 1. The Morgan fingerprint density at radius 1 is 0.914 bits per heavy atom. The largest absolute Gasteiger partial charge is 0.508 e. The zero-order chi connectivity index (χ0) is 23.5. The molecule has 0 bridgehead atoms. The van der Waals surface area contributed by atoms with Gasteiger partial charge in [0.1, 0.15) is 30.0 Å². The van der Waals surface area contributed by atoms with Gasteiger partial charge in [-0.3, -0.25) is 4.90 Å². The number of aromatic hydroxyl groups is 2. The van der Waals surface area contributed by atoms with Crippen molar-refractivity contribution >= 4 is 24.2 Å². The zero-order valence-corrected chi connectivity index (χ0v) is 20.9. The Labute approximate surface area is 215 Å². The van der Waals surface area contributed by atoms with E-state index < -0.39 is 11.6 Å². The van der Waals surface area contributed by atoms with E-state index in [0.717, 1.165) is 36.5 Å². The molecule has 0 saturated carbocycles. The highest BCUT2D eigenvalue weighted by Crippen LogP contribution is 2.55. The summed E-state index contributed by atoms with van der Waals surface area (Å²) in [5, 5.41) is 19.3. The molecule has 5 rings (SSSR count). The highest BCUT2D eigenvalue weighted by atomic mass is 35.5. The highest BCUT2D eigenvalue weighted by Gasteiger charge is 2.35. The maximum Gasteiger partial charge on any atom is 0.182 e. The van der Waals surface area contributed by atoms with Crippen LogP contribution in [0.1, 0.15) is 41.7 Å². The molecule has 2 heterocycles. The van der Waals surface area contributed by atoms with Crippen LogP contribution in [0.2, 0.25) is 0 Å². The van der Waals surface area contributed by atoms with Crippen LogP contribution in [0.3, 0.4) is 0 Å². The molecule has 0 aliphatic carbocycles. The molecular formula is C27H29ClFNO4S. The molecule has 3 aromatic carbocycles. The summed E-state index contributed by atoms with van der Waals surface area (Å²) in [5.41, 5.74) is 1.83. The first-order valence-electron chi connectivity index (χ1n) is 11.7. The van der Waals surface area contributed by atoms with E-state index in [1.54, 1.807) is 18.2 Å². The molecule has 0 spiro atoms. The molecule has 35 heavy (non-hydrogen) atoms. The van der Waals surface area contributed by atoms with Gasteiger partial charge in [0.15, 0.2) is 11.6 Å². The lowest BCUT2D eigenvalue weighted by molar-refractivity contribution is 0.182. The number of phenolic OH excluding ortho intramolecular Hbond substituents is 2. The minimum Gasteiger partial charge on any atom is -0.508 e. The lowest BCUT2D eigenvalue weighted by atomic mass is 10.00. The highest BCUT2D eigenvalue weighted by molar-refractivity contribution is 7.99. The van der Waals surface area contributed by atoms with Crippen LogP contribution in [0.25, 0.3) is 0 Å². The average Bonchev–Trinajstić information content (AvgIpc) is 2.87. The van der Waals surface area contributed by atoms with Crippen LogP contribution in [0.5, 0.6) is 23.0 Å². The van der Waals surface area contributed by atoms with Crippen LogP contribution in [-0.2, 0) is 0 Å². The molecule has 2 aliphatic heterocycles. The Kier molecular flexibility index (Phi) is 8.31. The number of phenols is 2. The maximum absolute atomic E-state index is 14.7. The van der Waals surface area contributed by atoms with E-state index in [0.29, 0.717) is 12.4 Å². The minimum atomic E-state index is -0.679. The molecule has 2 N–H and O–H groups in total. The first kappa shape index (κ1) is 25.5. The van der Waals surface area contributed by atoms with Crippen LogP contribution < -0.4 is 9.47 Å². The summed E-state index contributed by atoms with van der Waals surface area (Å²) >= 11 is 1.32. The Bertz CT molecular complexity index is 1120. The number of hydrogen-bond donors (Lipinski definition) is 2. The molecule has 0 radical (unpaired) electrons. The van der Waals surface area contributed by atoms with E-state index in [9.17, 15) is 14.6 Å². The second-order valence-corrected chi connectivity index (χ2v) is 9.87. The third kappa shape index (κ3) is 5.80. The number of piperidine rings is 1. The fourth-order valence-electron chi connectivity index (χ4n) is 4.50. The van der Waals surface area contributed by atoms with Crippen molar-refractivity contribution < 1.29 is 24.1 Å². The van der Waals surface area contributed by atoms with E-state index in [1.807, 2.05) is 36.4 Å². The van der Waals surface area contributed by atoms with E-state index in [2.05, 4.69) is 4.90 Å². The number of benzene rings is 3. The normalized spacial score (nSPS) is 19.8. The molecule has 1 fully saturated rings. The van der Waals surface area contributed by atoms with Gasteiger partial charge in [0.25, 0.3) is 0 Å². The predicted molar refractivity (Wildman–Crippen MR) is 138 cm³/mol. The standard InChI is InChI=1S/C27H28FNO4S.ClH/c28-24-22(31)12-13-23-27(24)34-26(19-4-8-20(30)9-5-19)25(33-23)18-6-10-21(11-7-18)32-17-16-29-14-2-1-3-15-29;/h4-13,25-26,30-31H,1-3,14-17H2;1H. The fourth-order valence-corrected chi connectivity index (χ4v) is 5.82. The summed E-state index contributed by atoms with van der Waals surface area (Å²) in [7, 11) is 0. The molecule has 0 amide bonds. The molecule has 3 aromatic rings. The van der Waals surface area contributed by atoms with E-state index in [1.165, 1.54) is 37.1 Å². The molecule has 2 aliphatic rings. The van der Waals surface area contributed by atoms with Crippen molar-refractivity contribution in [3.8, 4) is 23.0 Å². The second kappa shape index (κ2) is 11.4. The SMILES string of the molecule is Cl.Oc1ccc(C2Sc3c(ccc(O)c3F)OC2c2ccc(OCCN3CCCCC3)cc2)cc1. The Hall–Kier alpha value is -2.61. The number of rotatable bonds is 6. The molecular weight excluding hydrogens is 489 g/mol. The van der Waals surface area contributed by atoms with Crippen molar-refractivity contribution in [1.29, 1.82) is 0 Å². The summed E-state index contributed by atoms with van der Waals surface area (Å²) in [6, 6.07) is 17.6. The predicted octanol–water partition coefficient (Wildman–Crippen LogP) is 6.49. The molecule has 2 atom stereocenters. The quantitative estimate of drug-likeness (QED) is 0.389. The van der Waals surface area contributed by atoms with Gasteiger partial charge in [-0.05, 0) is 73.5 Å². The van der Waals surface area contributed by atoms with Gasteiger partial charge >= 0.3 is 0 Å². The van der Waals surface area contributed by atoms with Crippen LogP contribution in [0, 0.1) is 5.82 Å². The van der Waals surface area contributed by atoms with Crippen LogP contribution in [-0.4, -0.2) is 41.4 Å². The van der Waals surface area contributed by atoms with Crippen molar-refractivity contribution in [2.45, 2.75) is 35.5 Å². The molecule has 1 saturated heterocycles. The molecule has 5 nitrogen and oxygen atoms in total. The van der Waals surface area contributed by atoms with Gasteiger partial charge in [0.2, 0.25) is 0 Å². The van der Waals surface area contributed by atoms with Crippen molar-refractivity contribution in [2.24, 2.45) is 0 Å². The Morgan fingerprint density at radius 3 is 2.31 bits per heavy atom. The zero-order valence-electron chi connectivity index (χ0n) is 19.2. The van der Waals surface area contributed by atoms with Crippen molar-refractivity contribution in [2.75, 3.05) is 26.2 Å². The van der Waals surface area contributed by atoms with Gasteiger partial charge in [-0.2, -0.15) is 0 Å². The van der Waals surface area contributed by atoms with Gasteiger partial charge in [-0.1, -0.05) is 30.7 Å². The van der Waals surface area contributed by atoms with Crippen molar-refractivity contribution in [3.63, 3.8) is 0 Å². The van der Waals surface area contributed by atoms with Crippen molar-refractivity contribution in [3.05, 3.63) is 77.6 Å². The van der Waals surface area contributed by atoms with E-state index >= 15 is 0 Å². The lowest BCUT2D eigenvalue weighted by Gasteiger charge is -2.34. The summed E-state index contributed by atoms with van der Waals surface area (Å²) < 4.78 is 26.9. The molecule has 186 valence electrons. The summed E-state index contributed by atoms with van der Waals surface area (Å²) in [6.07, 6.45) is 3.48. The third-order valence-corrected chi connectivity index (χ3v) is 7.76. The van der Waals surface area contributed by atoms with E-state index in [4.69, 9.17) is 9.47 Å². The summed E-state index contributed by atoms with van der Waals surface area (Å²) in [4.78, 5) is 2.73. The Balaban J connectivity index is 0.00000289. The molecule has 0 aromatic heterocycles. The number of hydrogen-bond acceptors (Lipinski definition) is 6. The second-order valence-electron chi connectivity index (χ2n) is 8.71. The smallest absolute Gasteiger partial charge is 0.182 e. The van der Waals surface area contributed by atoms with Crippen LogP contribution >= 0.6 is 24.2 Å². The number of thioether (sulfide) groups is 1.